The van der Waals surface area contributed by atoms with Crippen LogP contribution in [0.15, 0.2) is 12.1 Å². The summed E-state index contributed by atoms with van der Waals surface area (Å²) in [6, 6.07) is 1.74. The maximum absolute atomic E-state index is 14.0. The summed E-state index contributed by atoms with van der Waals surface area (Å²) < 4.78 is 27.2. The van der Waals surface area contributed by atoms with Gasteiger partial charge < -0.3 is 10.0 Å². The normalized spacial score (nSPS) is 18.3. The van der Waals surface area contributed by atoms with Gasteiger partial charge in [-0.2, -0.15) is 0 Å². The van der Waals surface area contributed by atoms with E-state index in [1.54, 1.807) is 6.92 Å². The molecule has 0 bridgehead atoms. The number of aromatic hydroxyl groups is 1. The minimum atomic E-state index is -1.11. The number of benzene rings is 1. The van der Waals surface area contributed by atoms with E-state index in [0.717, 1.165) is 17.4 Å². The summed E-state index contributed by atoms with van der Waals surface area (Å²) in [5, 5.41) is 17.8. The van der Waals surface area contributed by atoms with E-state index in [1.165, 1.54) is 15.9 Å². The van der Waals surface area contributed by atoms with Crippen molar-refractivity contribution in [3.63, 3.8) is 0 Å². The van der Waals surface area contributed by atoms with Crippen LogP contribution >= 0.6 is 11.3 Å². The van der Waals surface area contributed by atoms with Crippen LogP contribution in [-0.2, 0) is 11.3 Å². The second-order valence-electron chi connectivity index (χ2n) is 6.21. The molecular formula is C16H14F2N4O3S. The number of hydrogen-bond acceptors (Lipinski definition) is 6. The molecule has 0 atom stereocenters. The Kier molecular flexibility index (Phi) is 3.69. The van der Waals surface area contributed by atoms with E-state index >= 15 is 0 Å². The van der Waals surface area contributed by atoms with E-state index in [2.05, 4.69) is 10.2 Å². The monoisotopic (exact) mass is 380 g/mol. The molecule has 2 aliphatic rings. The Labute approximate surface area is 150 Å². The molecule has 1 aromatic carbocycles. The fourth-order valence-electron chi connectivity index (χ4n) is 3.15. The predicted octanol–water partition coefficient (Wildman–Crippen LogP) is 2.51. The van der Waals surface area contributed by atoms with Gasteiger partial charge in [0.05, 0.1) is 12.1 Å². The van der Waals surface area contributed by atoms with E-state index in [1.807, 2.05) is 0 Å². The molecule has 1 saturated heterocycles. The molecule has 1 spiro atoms. The molecular weight excluding hydrogens is 366 g/mol. The average Bonchev–Trinajstić information content (AvgIpc) is 3.25. The Hall–Kier alpha value is -2.62. The van der Waals surface area contributed by atoms with Gasteiger partial charge >= 0.3 is 6.03 Å². The molecule has 1 aromatic heterocycles. The predicted molar refractivity (Wildman–Crippen MR) is 87.2 cm³/mol. The lowest BCUT2D eigenvalue weighted by Gasteiger charge is -2.19. The van der Waals surface area contributed by atoms with E-state index in [4.69, 9.17) is 0 Å². The molecule has 1 aliphatic carbocycles. The highest BCUT2D eigenvalue weighted by atomic mass is 32.1. The van der Waals surface area contributed by atoms with Gasteiger partial charge in [0.2, 0.25) is 0 Å². The molecule has 3 amide bonds. The Balaban J connectivity index is 1.61. The van der Waals surface area contributed by atoms with Gasteiger partial charge in [0.25, 0.3) is 5.91 Å². The molecule has 4 rings (SSSR count). The zero-order valence-electron chi connectivity index (χ0n) is 13.7. The highest BCUT2D eigenvalue weighted by Gasteiger charge is 2.64. The Morgan fingerprint density at radius 3 is 2.65 bits per heavy atom. The van der Waals surface area contributed by atoms with Crippen molar-refractivity contribution < 1.29 is 23.5 Å². The van der Waals surface area contributed by atoms with Crippen molar-refractivity contribution in [3.05, 3.63) is 28.8 Å². The first-order valence-corrected chi connectivity index (χ1v) is 8.84. The SMILES string of the molecule is CCN1C(=O)N(Cc2nnc(-c3ccc(F)c(O)c3F)s2)C2(CC2)C1=O. The number of amides is 3. The van der Waals surface area contributed by atoms with Gasteiger partial charge in [0, 0.05) is 6.54 Å². The number of phenolic OH excluding ortho intramolecular Hbond substituents is 1. The van der Waals surface area contributed by atoms with Crippen LogP contribution in [0, 0.1) is 11.6 Å². The van der Waals surface area contributed by atoms with Gasteiger partial charge in [0.1, 0.15) is 10.5 Å². The zero-order chi connectivity index (χ0) is 18.6. The standard InChI is InChI=1S/C16H14F2N4O3S/c1-2-21-14(24)16(5-6-16)22(15(21)25)7-10-19-20-13(26-10)8-3-4-9(17)12(23)11(8)18/h3-4,23H,2,5-7H2,1H3. The number of imide groups is 1. The molecule has 26 heavy (non-hydrogen) atoms. The Morgan fingerprint density at radius 2 is 2.00 bits per heavy atom. The van der Waals surface area contributed by atoms with Crippen molar-refractivity contribution in [2.75, 3.05) is 6.54 Å². The van der Waals surface area contributed by atoms with Gasteiger partial charge in [-0.25, -0.2) is 13.6 Å². The molecule has 0 unspecified atom stereocenters. The third kappa shape index (κ3) is 2.28. The minimum absolute atomic E-state index is 0.0761. The molecule has 7 nitrogen and oxygen atoms in total. The van der Waals surface area contributed by atoms with Crippen LogP contribution in [0.4, 0.5) is 13.6 Å². The van der Waals surface area contributed by atoms with Crippen LogP contribution in [-0.4, -0.2) is 49.1 Å². The number of carbonyl (C=O) groups is 2. The summed E-state index contributed by atoms with van der Waals surface area (Å²) in [4.78, 5) is 27.6. The quantitative estimate of drug-likeness (QED) is 0.824. The van der Waals surface area contributed by atoms with Crippen LogP contribution in [0.2, 0.25) is 0 Å². The molecule has 10 heteroatoms. The lowest BCUT2D eigenvalue weighted by Crippen LogP contribution is -2.36. The maximum Gasteiger partial charge on any atom is 0.328 e. The number of rotatable bonds is 4. The number of halogens is 2. The van der Waals surface area contributed by atoms with Crippen LogP contribution in [0.1, 0.15) is 24.8 Å². The maximum atomic E-state index is 14.0. The van der Waals surface area contributed by atoms with E-state index in [0.29, 0.717) is 24.4 Å². The first-order valence-electron chi connectivity index (χ1n) is 8.02. The number of phenols is 1. The fraction of sp³-hybridized carbons (Fsp3) is 0.375. The molecule has 1 N–H and O–H groups in total. The van der Waals surface area contributed by atoms with Crippen LogP contribution < -0.4 is 0 Å². The van der Waals surface area contributed by atoms with Gasteiger partial charge in [-0.3, -0.25) is 9.69 Å². The van der Waals surface area contributed by atoms with E-state index < -0.39 is 22.9 Å². The molecule has 2 aromatic rings. The Morgan fingerprint density at radius 1 is 1.27 bits per heavy atom. The highest BCUT2D eigenvalue weighted by molar-refractivity contribution is 7.14. The van der Waals surface area contributed by atoms with Gasteiger partial charge in [0.15, 0.2) is 22.4 Å². The molecule has 1 saturated carbocycles. The average molecular weight is 380 g/mol. The van der Waals surface area contributed by atoms with Crippen LogP contribution in [0.3, 0.4) is 0 Å². The van der Waals surface area contributed by atoms with Gasteiger partial charge in [-0.1, -0.05) is 11.3 Å². The second-order valence-corrected chi connectivity index (χ2v) is 7.27. The summed E-state index contributed by atoms with van der Waals surface area (Å²) in [5.41, 5.74) is -0.856. The first-order chi connectivity index (χ1) is 12.4. The Bertz CT molecular complexity index is 928. The van der Waals surface area contributed by atoms with Gasteiger partial charge in [-0.05, 0) is 31.9 Å². The van der Waals surface area contributed by atoms with Crippen molar-refractivity contribution in [2.45, 2.75) is 31.8 Å². The number of hydrogen-bond donors (Lipinski definition) is 1. The van der Waals surface area contributed by atoms with Gasteiger partial charge in [-0.15, -0.1) is 10.2 Å². The minimum Gasteiger partial charge on any atom is -0.503 e. The summed E-state index contributed by atoms with van der Waals surface area (Å²) in [5.74, 6) is -3.44. The fourth-order valence-corrected chi connectivity index (χ4v) is 4.00. The largest absolute Gasteiger partial charge is 0.503 e. The number of aromatic nitrogens is 2. The van der Waals surface area contributed by atoms with Crippen molar-refractivity contribution in [2.24, 2.45) is 0 Å². The summed E-state index contributed by atoms with van der Waals surface area (Å²) in [6.45, 7) is 2.13. The lowest BCUT2D eigenvalue weighted by atomic mass is 10.2. The lowest BCUT2D eigenvalue weighted by molar-refractivity contribution is -0.129. The molecule has 136 valence electrons. The van der Waals surface area contributed by atoms with Crippen molar-refractivity contribution >= 4 is 23.3 Å². The number of likely N-dealkylation sites (N-methyl/N-ethyl adjacent to an activating group) is 1. The number of carbonyl (C=O) groups excluding carboxylic acids is 2. The number of urea groups is 1. The topological polar surface area (TPSA) is 86.6 Å². The third-order valence-corrected chi connectivity index (χ3v) is 5.66. The summed E-state index contributed by atoms with van der Waals surface area (Å²) in [6.07, 6.45) is 1.22. The van der Waals surface area contributed by atoms with E-state index in [9.17, 15) is 23.5 Å². The van der Waals surface area contributed by atoms with Crippen molar-refractivity contribution in [1.82, 2.24) is 20.0 Å². The first kappa shape index (κ1) is 16.8. The molecule has 2 heterocycles. The number of nitrogens with zero attached hydrogens (tertiary/aromatic N) is 4. The smallest absolute Gasteiger partial charge is 0.328 e. The van der Waals surface area contributed by atoms with Crippen molar-refractivity contribution in [3.8, 4) is 16.3 Å². The molecule has 0 radical (unpaired) electrons. The summed E-state index contributed by atoms with van der Waals surface area (Å²) in [7, 11) is 0. The van der Waals surface area contributed by atoms with Crippen LogP contribution in [0.25, 0.3) is 10.6 Å². The molecule has 2 fully saturated rings. The van der Waals surface area contributed by atoms with Crippen molar-refractivity contribution in [1.29, 1.82) is 0 Å². The van der Waals surface area contributed by atoms with E-state index in [-0.39, 0.29) is 29.1 Å². The van der Waals surface area contributed by atoms with Crippen LogP contribution in [0.5, 0.6) is 5.75 Å². The second kappa shape index (κ2) is 5.70. The summed E-state index contributed by atoms with van der Waals surface area (Å²) >= 11 is 1.02. The highest BCUT2D eigenvalue weighted by Crippen LogP contribution is 2.48. The zero-order valence-corrected chi connectivity index (χ0v) is 14.5. The molecule has 1 aliphatic heterocycles. The third-order valence-electron chi connectivity index (χ3n) is 4.72.